The number of aliphatic hydroxyl groups excluding tert-OH is 2. The van der Waals surface area contributed by atoms with E-state index >= 15 is 0 Å². The Morgan fingerprint density at radius 1 is 0.830 bits per heavy atom. The number of benzene rings is 4. The summed E-state index contributed by atoms with van der Waals surface area (Å²) >= 11 is 0. The predicted molar refractivity (Wildman–Crippen MR) is 181 cm³/mol. The molecule has 4 atom stereocenters. The average molecular weight is 646 g/mol. The van der Waals surface area contributed by atoms with Gasteiger partial charge in [-0.3, -0.25) is 0 Å². The number of ether oxygens (including phenoxy) is 6. The van der Waals surface area contributed by atoms with Crippen molar-refractivity contribution >= 4 is 10.8 Å². The molecule has 252 valence electrons. The molecule has 4 aromatic rings. The minimum absolute atomic E-state index is 0.0438. The van der Waals surface area contributed by atoms with Gasteiger partial charge in [0.1, 0.15) is 23.4 Å². The van der Waals surface area contributed by atoms with Crippen molar-refractivity contribution in [2.45, 2.75) is 37.8 Å². The molecule has 0 amide bonds. The predicted octanol–water partition coefficient (Wildman–Crippen LogP) is 5.10. The van der Waals surface area contributed by atoms with Crippen LogP contribution in [0.15, 0.2) is 84.9 Å². The fraction of sp³-hybridized carbons (Fsp3) is 0.421. The molecule has 9 heteroatoms. The van der Waals surface area contributed by atoms with Gasteiger partial charge in [0.25, 0.3) is 0 Å². The molecule has 4 aromatic carbocycles. The van der Waals surface area contributed by atoms with E-state index in [0.29, 0.717) is 39.6 Å². The van der Waals surface area contributed by atoms with Crippen molar-refractivity contribution in [3.8, 4) is 17.2 Å². The van der Waals surface area contributed by atoms with Gasteiger partial charge in [0.2, 0.25) is 0 Å². The Labute approximate surface area is 277 Å². The van der Waals surface area contributed by atoms with Crippen molar-refractivity contribution in [1.82, 2.24) is 5.32 Å². The van der Waals surface area contributed by atoms with Crippen LogP contribution in [0.3, 0.4) is 0 Å². The molecule has 0 unspecified atom stereocenters. The van der Waals surface area contributed by atoms with E-state index in [0.717, 1.165) is 57.7 Å². The maximum Gasteiger partial charge on any atom is 0.127 e. The van der Waals surface area contributed by atoms with E-state index in [9.17, 15) is 10.2 Å². The number of methoxy groups -OCH3 is 2. The van der Waals surface area contributed by atoms with Crippen LogP contribution in [0, 0.1) is 5.92 Å². The number of hydrogen-bond donors (Lipinski definition) is 3. The second-order valence-corrected chi connectivity index (χ2v) is 11.8. The molecular formula is C38H47NO8. The van der Waals surface area contributed by atoms with E-state index < -0.39 is 6.10 Å². The van der Waals surface area contributed by atoms with Gasteiger partial charge in [0.15, 0.2) is 0 Å². The Morgan fingerprint density at radius 3 is 2.43 bits per heavy atom. The molecule has 1 heterocycles. The van der Waals surface area contributed by atoms with Crippen LogP contribution in [0.2, 0.25) is 0 Å². The van der Waals surface area contributed by atoms with E-state index in [2.05, 4.69) is 35.6 Å². The molecule has 3 N–H and O–H groups in total. The summed E-state index contributed by atoms with van der Waals surface area (Å²) in [6.45, 7) is 3.67. The quantitative estimate of drug-likeness (QED) is 0.127. The average Bonchev–Trinajstić information content (AvgIpc) is 3.12. The van der Waals surface area contributed by atoms with Gasteiger partial charge in [-0.15, -0.1) is 0 Å². The summed E-state index contributed by atoms with van der Waals surface area (Å²) < 4.78 is 35.4. The third-order valence-corrected chi connectivity index (χ3v) is 8.50. The second kappa shape index (κ2) is 18.0. The van der Waals surface area contributed by atoms with Crippen LogP contribution < -0.4 is 19.5 Å². The molecule has 1 aliphatic rings. The fourth-order valence-corrected chi connectivity index (χ4v) is 6.12. The molecule has 0 aliphatic carbocycles. The van der Waals surface area contributed by atoms with Crippen molar-refractivity contribution in [2.24, 2.45) is 5.92 Å². The first kappa shape index (κ1) is 34.6. The van der Waals surface area contributed by atoms with E-state index in [1.54, 1.807) is 14.2 Å². The molecule has 0 aromatic heterocycles. The highest BCUT2D eigenvalue weighted by molar-refractivity contribution is 5.89. The summed E-state index contributed by atoms with van der Waals surface area (Å²) in [6, 6.07) is 28.5. The smallest absolute Gasteiger partial charge is 0.127 e. The van der Waals surface area contributed by atoms with E-state index in [1.807, 2.05) is 54.6 Å². The summed E-state index contributed by atoms with van der Waals surface area (Å²) in [7, 11) is 3.36. The molecule has 47 heavy (non-hydrogen) atoms. The number of hydrogen-bond acceptors (Lipinski definition) is 9. The summed E-state index contributed by atoms with van der Waals surface area (Å²) in [6.07, 6.45) is -0.257. The Kier molecular flexibility index (Phi) is 13.3. The van der Waals surface area contributed by atoms with Gasteiger partial charge in [-0.2, -0.15) is 0 Å². The zero-order chi connectivity index (χ0) is 32.8. The van der Waals surface area contributed by atoms with E-state index in [1.165, 1.54) is 0 Å². The van der Waals surface area contributed by atoms with Gasteiger partial charge in [-0.05, 0) is 46.8 Å². The van der Waals surface area contributed by atoms with Crippen LogP contribution in [0.4, 0.5) is 0 Å². The number of piperidine rings is 1. The molecule has 1 fully saturated rings. The van der Waals surface area contributed by atoms with Gasteiger partial charge in [-0.25, -0.2) is 0 Å². The van der Waals surface area contributed by atoms with Crippen molar-refractivity contribution in [3.63, 3.8) is 0 Å². The zero-order valence-corrected chi connectivity index (χ0v) is 27.3. The Balaban J connectivity index is 1.20. The zero-order valence-electron chi connectivity index (χ0n) is 27.3. The Bertz CT molecular complexity index is 1510. The van der Waals surface area contributed by atoms with Crippen LogP contribution in [-0.4, -0.2) is 82.8 Å². The molecule has 1 aliphatic heterocycles. The molecule has 0 saturated carbocycles. The topological polar surface area (TPSA) is 108 Å². The molecular weight excluding hydrogens is 598 g/mol. The molecule has 0 spiro atoms. The third-order valence-electron chi connectivity index (χ3n) is 8.50. The fourth-order valence-electron chi connectivity index (χ4n) is 6.12. The van der Waals surface area contributed by atoms with E-state index in [4.69, 9.17) is 28.4 Å². The van der Waals surface area contributed by atoms with Crippen LogP contribution >= 0.6 is 0 Å². The van der Waals surface area contributed by atoms with Crippen LogP contribution in [0.25, 0.3) is 10.8 Å². The summed E-state index contributed by atoms with van der Waals surface area (Å²) in [4.78, 5) is 0. The first-order valence-electron chi connectivity index (χ1n) is 16.3. The minimum Gasteiger partial charge on any atom is -0.496 e. The van der Waals surface area contributed by atoms with Crippen molar-refractivity contribution in [2.75, 3.05) is 60.3 Å². The Morgan fingerprint density at radius 2 is 1.62 bits per heavy atom. The second-order valence-electron chi connectivity index (χ2n) is 11.8. The lowest BCUT2D eigenvalue weighted by Gasteiger charge is -2.39. The van der Waals surface area contributed by atoms with Crippen LogP contribution in [0.1, 0.15) is 29.0 Å². The highest BCUT2D eigenvalue weighted by Crippen LogP contribution is 2.35. The maximum absolute atomic E-state index is 9.82. The maximum atomic E-state index is 9.82. The molecule has 9 nitrogen and oxygen atoms in total. The summed E-state index contributed by atoms with van der Waals surface area (Å²) in [5.41, 5.74) is 3.20. The van der Waals surface area contributed by atoms with Gasteiger partial charge < -0.3 is 44.0 Å². The van der Waals surface area contributed by atoms with Gasteiger partial charge in [0, 0.05) is 42.3 Å². The van der Waals surface area contributed by atoms with Crippen molar-refractivity contribution < 1.29 is 38.6 Å². The summed E-state index contributed by atoms with van der Waals surface area (Å²) in [5, 5.41) is 24.7. The van der Waals surface area contributed by atoms with Crippen LogP contribution in [-0.2, 0) is 27.4 Å². The van der Waals surface area contributed by atoms with Gasteiger partial charge in [-0.1, -0.05) is 54.6 Å². The van der Waals surface area contributed by atoms with Crippen molar-refractivity contribution in [3.05, 3.63) is 102 Å². The number of para-hydroxylation sites is 1. The molecule has 0 bridgehead atoms. The lowest BCUT2D eigenvalue weighted by atomic mass is 9.79. The highest BCUT2D eigenvalue weighted by Gasteiger charge is 2.35. The largest absolute Gasteiger partial charge is 0.496 e. The summed E-state index contributed by atoms with van der Waals surface area (Å²) in [5.74, 6) is 2.59. The highest BCUT2D eigenvalue weighted by atomic mass is 16.5. The lowest BCUT2D eigenvalue weighted by Crippen LogP contribution is -2.48. The monoisotopic (exact) mass is 645 g/mol. The first-order chi connectivity index (χ1) is 23.1. The molecule has 1 saturated heterocycles. The van der Waals surface area contributed by atoms with Crippen LogP contribution in [0.5, 0.6) is 17.2 Å². The Hall–Kier alpha value is -3.70. The molecule has 5 rings (SSSR count). The van der Waals surface area contributed by atoms with Crippen molar-refractivity contribution in [1.29, 1.82) is 0 Å². The van der Waals surface area contributed by atoms with Gasteiger partial charge >= 0.3 is 0 Å². The first-order valence-corrected chi connectivity index (χ1v) is 16.3. The lowest BCUT2D eigenvalue weighted by molar-refractivity contribution is -0.0416. The molecule has 0 radical (unpaired) electrons. The number of aliphatic hydroxyl groups is 2. The SMILES string of the molecule is COc1ccccc1COCCCOc1ccc([C@H]2[C@H](COC[C@H](O)CO)CNC[C@@H]2OCc2cc(OC)c3ccccc3c2)cc1. The third kappa shape index (κ3) is 9.67. The minimum atomic E-state index is -0.900. The van der Waals surface area contributed by atoms with E-state index in [-0.39, 0.29) is 31.2 Å². The van der Waals surface area contributed by atoms with Gasteiger partial charge in [0.05, 0.1) is 66.6 Å². The number of fused-ring (bicyclic) bond motifs is 1. The standard InChI is InChI=1S/C38H47NO8/c1-42-35-11-6-4-9-30(35)24-44-16-7-17-46-33-14-12-28(13-15-33)38-31(25-45-26-32(41)22-40)20-39-21-37(38)47-23-27-18-29-8-3-5-10-34(29)36(19-27)43-2/h3-6,8-15,18-19,31-32,37-41H,7,16-17,20-26H2,1-2H3/t31-,32+,37-,38-/m0/s1. The number of rotatable bonds is 18. The normalized spacial score (nSPS) is 18.6. The number of nitrogens with one attached hydrogen (secondary N) is 1.